The van der Waals surface area contributed by atoms with E-state index < -0.39 is 0 Å². The first-order valence-corrected chi connectivity index (χ1v) is 8.72. The zero-order chi connectivity index (χ0) is 14.4. The molecule has 1 aromatic carbocycles. The predicted octanol–water partition coefficient (Wildman–Crippen LogP) is 5.19. The quantitative estimate of drug-likeness (QED) is 0.702. The van der Waals surface area contributed by atoms with Gasteiger partial charge in [0.15, 0.2) is 0 Å². The number of benzene rings is 1. The largest absolute Gasteiger partial charge is 0.418 e. The average Bonchev–Trinajstić information content (AvgIpc) is 3.02. The Morgan fingerprint density at radius 3 is 2.76 bits per heavy atom. The third-order valence-electron chi connectivity index (χ3n) is 4.16. The lowest BCUT2D eigenvalue weighted by Gasteiger charge is -2.37. The van der Waals surface area contributed by atoms with Gasteiger partial charge in [-0.25, -0.2) is 5.01 Å². The van der Waals surface area contributed by atoms with E-state index in [9.17, 15) is 0 Å². The Labute approximate surface area is 137 Å². The Kier molecular flexibility index (Phi) is 3.36. The maximum absolute atomic E-state index is 6.26. The van der Waals surface area contributed by atoms with Crippen molar-refractivity contribution in [3.05, 3.63) is 45.1 Å². The summed E-state index contributed by atoms with van der Waals surface area (Å²) >= 11 is 14.0. The summed E-state index contributed by atoms with van der Waals surface area (Å²) in [6.07, 6.45) is 6.10. The van der Waals surface area contributed by atoms with Gasteiger partial charge in [0.05, 0.1) is 10.6 Å². The van der Waals surface area contributed by atoms with E-state index in [0.29, 0.717) is 15.9 Å². The minimum absolute atomic E-state index is 0.0498. The first kappa shape index (κ1) is 13.8. The van der Waals surface area contributed by atoms with Crippen molar-refractivity contribution >= 4 is 40.9 Å². The van der Waals surface area contributed by atoms with Gasteiger partial charge >= 0.3 is 0 Å². The molecule has 0 atom stereocenters. The fourth-order valence-electron chi connectivity index (χ4n) is 3.08. The first-order valence-electron chi connectivity index (χ1n) is 7.08. The number of hydrazone groups is 1. The molecular formula is C15H14Cl2N2OS. The molecule has 0 radical (unpaired) electrons. The van der Waals surface area contributed by atoms with Crippen LogP contribution in [0.3, 0.4) is 0 Å². The van der Waals surface area contributed by atoms with Crippen molar-refractivity contribution in [3.8, 4) is 0 Å². The minimum atomic E-state index is 0.0498. The Bertz CT molecular complexity index is 653. The van der Waals surface area contributed by atoms with Gasteiger partial charge in [-0.05, 0) is 31.0 Å². The summed E-state index contributed by atoms with van der Waals surface area (Å²) in [5.41, 5.74) is 0.785. The van der Waals surface area contributed by atoms with Gasteiger partial charge in [-0.15, -0.1) is 5.10 Å². The van der Waals surface area contributed by atoms with Crippen molar-refractivity contribution in [3.63, 3.8) is 0 Å². The molecule has 1 aromatic rings. The molecular weight excluding hydrogens is 327 g/mol. The lowest BCUT2D eigenvalue weighted by Crippen LogP contribution is -2.39. The number of hydrogen-bond acceptors (Lipinski definition) is 4. The van der Waals surface area contributed by atoms with Gasteiger partial charge in [0.25, 0.3) is 0 Å². The van der Waals surface area contributed by atoms with Gasteiger partial charge in [0.1, 0.15) is 4.87 Å². The van der Waals surface area contributed by atoms with Crippen LogP contribution in [0.4, 0.5) is 0 Å². The van der Waals surface area contributed by atoms with E-state index in [1.165, 1.54) is 19.3 Å². The molecule has 6 heteroatoms. The van der Waals surface area contributed by atoms with Crippen LogP contribution in [0.15, 0.2) is 34.6 Å². The maximum Gasteiger partial charge on any atom is 0.247 e. The standard InChI is InChI=1S/C15H14Cl2N2OS/c16-10-4-5-11(12(17)8-10)14-18-19-13(20-14)9-21-15(19)6-2-1-3-7-15/h4-5,8-9H,1-3,6-7H2. The number of thioether (sulfide) groups is 1. The lowest BCUT2D eigenvalue weighted by atomic mass is 9.94. The van der Waals surface area contributed by atoms with Gasteiger partial charge < -0.3 is 4.74 Å². The highest BCUT2D eigenvalue weighted by molar-refractivity contribution is 8.03. The normalized spacial score (nSPS) is 22.9. The van der Waals surface area contributed by atoms with Crippen LogP contribution in [0, 0.1) is 0 Å². The molecule has 1 spiro atoms. The molecule has 2 aliphatic heterocycles. The summed E-state index contributed by atoms with van der Waals surface area (Å²) in [5.74, 6) is 1.39. The number of nitrogens with zero attached hydrogens (tertiary/aromatic N) is 2. The zero-order valence-corrected chi connectivity index (χ0v) is 13.6. The summed E-state index contributed by atoms with van der Waals surface area (Å²) in [7, 11) is 0. The van der Waals surface area contributed by atoms with Crippen molar-refractivity contribution in [1.29, 1.82) is 0 Å². The fraction of sp³-hybridized carbons (Fsp3) is 0.400. The second kappa shape index (κ2) is 5.11. The monoisotopic (exact) mass is 340 g/mol. The van der Waals surface area contributed by atoms with Crippen LogP contribution in [0.1, 0.15) is 37.7 Å². The molecule has 4 rings (SSSR count). The van der Waals surface area contributed by atoms with Crippen LogP contribution in [0.2, 0.25) is 10.0 Å². The highest BCUT2D eigenvalue weighted by Gasteiger charge is 2.48. The summed E-state index contributed by atoms with van der Waals surface area (Å²) in [4.78, 5) is 0.0498. The van der Waals surface area contributed by atoms with E-state index in [2.05, 4.69) is 10.4 Å². The Morgan fingerprint density at radius 1 is 1.19 bits per heavy atom. The van der Waals surface area contributed by atoms with Gasteiger partial charge in [0.2, 0.25) is 11.8 Å². The van der Waals surface area contributed by atoms with Crippen LogP contribution < -0.4 is 0 Å². The third kappa shape index (κ3) is 2.24. The molecule has 110 valence electrons. The second-order valence-corrected chi connectivity index (χ2v) is 7.60. The predicted molar refractivity (Wildman–Crippen MR) is 87.4 cm³/mol. The van der Waals surface area contributed by atoms with E-state index in [1.54, 1.807) is 12.1 Å². The highest BCUT2D eigenvalue weighted by atomic mass is 35.5. The molecule has 1 fully saturated rings. The first-order chi connectivity index (χ1) is 10.2. The summed E-state index contributed by atoms with van der Waals surface area (Å²) in [6.45, 7) is 0. The third-order valence-corrected chi connectivity index (χ3v) is 6.05. The molecule has 0 bridgehead atoms. The van der Waals surface area contributed by atoms with E-state index in [-0.39, 0.29) is 4.87 Å². The van der Waals surface area contributed by atoms with E-state index in [0.717, 1.165) is 24.3 Å². The molecule has 0 unspecified atom stereocenters. The molecule has 3 aliphatic rings. The zero-order valence-electron chi connectivity index (χ0n) is 11.3. The van der Waals surface area contributed by atoms with Crippen LogP contribution in [-0.4, -0.2) is 15.8 Å². The topological polar surface area (TPSA) is 24.8 Å². The summed E-state index contributed by atoms with van der Waals surface area (Å²) in [5, 5.41) is 10.0. The molecule has 1 saturated carbocycles. The van der Waals surface area contributed by atoms with Crippen molar-refractivity contribution in [2.45, 2.75) is 37.0 Å². The van der Waals surface area contributed by atoms with Gasteiger partial charge in [-0.2, -0.15) is 0 Å². The van der Waals surface area contributed by atoms with Gasteiger partial charge in [0, 0.05) is 10.4 Å². The molecule has 0 amide bonds. The van der Waals surface area contributed by atoms with Crippen molar-refractivity contribution in [2.75, 3.05) is 0 Å². The molecule has 0 saturated heterocycles. The van der Waals surface area contributed by atoms with Crippen LogP contribution >= 0.6 is 35.0 Å². The SMILES string of the molecule is Clc1ccc(C2=NN3C(=CSC34CCCCC4)O2)c(Cl)c1. The number of hydrogen-bond donors (Lipinski definition) is 0. The van der Waals surface area contributed by atoms with E-state index in [1.807, 2.05) is 17.8 Å². The van der Waals surface area contributed by atoms with Crippen LogP contribution in [-0.2, 0) is 4.74 Å². The van der Waals surface area contributed by atoms with Crippen molar-refractivity contribution in [1.82, 2.24) is 5.01 Å². The molecule has 21 heavy (non-hydrogen) atoms. The molecule has 3 nitrogen and oxygen atoms in total. The Hall–Kier alpha value is -0.840. The van der Waals surface area contributed by atoms with E-state index >= 15 is 0 Å². The second-order valence-electron chi connectivity index (χ2n) is 5.52. The maximum atomic E-state index is 6.26. The highest BCUT2D eigenvalue weighted by Crippen LogP contribution is 2.52. The summed E-state index contributed by atoms with van der Waals surface area (Å²) in [6, 6.07) is 5.37. The Balaban J connectivity index is 1.67. The number of ether oxygens (including phenoxy) is 1. The molecule has 2 heterocycles. The minimum Gasteiger partial charge on any atom is -0.418 e. The van der Waals surface area contributed by atoms with Gasteiger partial charge in [-0.1, -0.05) is 54.2 Å². The van der Waals surface area contributed by atoms with Crippen molar-refractivity contribution < 1.29 is 4.74 Å². The number of halogens is 2. The fourth-order valence-corrected chi connectivity index (χ4v) is 4.80. The number of fused-ring (bicyclic) bond motifs is 2. The average molecular weight is 341 g/mol. The van der Waals surface area contributed by atoms with Crippen LogP contribution in [0.5, 0.6) is 0 Å². The van der Waals surface area contributed by atoms with Crippen LogP contribution in [0.25, 0.3) is 0 Å². The number of rotatable bonds is 1. The van der Waals surface area contributed by atoms with E-state index in [4.69, 9.17) is 33.0 Å². The lowest BCUT2D eigenvalue weighted by molar-refractivity contribution is 0.150. The molecule has 0 N–H and O–H groups in total. The Morgan fingerprint density at radius 2 is 2.00 bits per heavy atom. The smallest absolute Gasteiger partial charge is 0.247 e. The molecule has 0 aromatic heterocycles. The molecule has 1 aliphatic carbocycles. The van der Waals surface area contributed by atoms with Gasteiger partial charge in [-0.3, -0.25) is 0 Å². The van der Waals surface area contributed by atoms with Crippen molar-refractivity contribution in [2.24, 2.45) is 5.10 Å². The summed E-state index contributed by atoms with van der Waals surface area (Å²) < 4.78 is 5.91.